The van der Waals surface area contributed by atoms with E-state index in [0.717, 1.165) is 6.42 Å². The van der Waals surface area contributed by atoms with E-state index < -0.39 is 5.79 Å². The van der Waals surface area contributed by atoms with Crippen molar-refractivity contribution in [2.24, 2.45) is 0 Å². The van der Waals surface area contributed by atoms with Crippen LogP contribution in [0.25, 0.3) is 0 Å². The first-order chi connectivity index (χ1) is 8.18. The van der Waals surface area contributed by atoms with Gasteiger partial charge < -0.3 is 14.2 Å². The van der Waals surface area contributed by atoms with Gasteiger partial charge in [0.1, 0.15) is 6.61 Å². The molecule has 17 heavy (non-hydrogen) atoms. The van der Waals surface area contributed by atoms with Crippen molar-refractivity contribution in [2.75, 3.05) is 19.8 Å². The van der Waals surface area contributed by atoms with Crippen LogP contribution >= 0.6 is 0 Å². The van der Waals surface area contributed by atoms with Crippen molar-refractivity contribution < 1.29 is 14.2 Å². The summed E-state index contributed by atoms with van der Waals surface area (Å²) in [6.45, 7) is 5.81. The maximum absolute atomic E-state index is 5.78. The molecule has 1 aromatic rings. The molecule has 1 atom stereocenters. The van der Waals surface area contributed by atoms with Gasteiger partial charge in [0.2, 0.25) is 0 Å². The van der Waals surface area contributed by atoms with Gasteiger partial charge in [0.05, 0.1) is 19.3 Å². The van der Waals surface area contributed by atoms with Crippen LogP contribution in [-0.4, -0.2) is 31.7 Å². The van der Waals surface area contributed by atoms with E-state index in [1.54, 1.807) is 0 Å². The van der Waals surface area contributed by atoms with Crippen LogP contribution in [0.1, 0.15) is 19.4 Å². The molecule has 3 heteroatoms. The van der Waals surface area contributed by atoms with E-state index in [-0.39, 0.29) is 6.10 Å². The molecule has 1 fully saturated rings. The van der Waals surface area contributed by atoms with Gasteiger partial charge in [-0.1, -0.05) is 30.3 Å². The minimum atomic E-state index is -0.551. The van der Waals surface area contributed by atoms with Crippen LogP contribution in [0, 0.1) is 0 Å². The second kappa shape index (κ2) is 5.63. The monoisotopic (exact) mass is 236 g/mol. The second-order valence-corrected chi connectivity index (χ2v) is 4.64. The molecule has 0 amide bonds. The SMILES string of the molecule is CC(Cc1ccccc1)OCC1(C)OCCO1. The lowest BCUT2D eigenvalue weighted by Crippen LogP contribution is -2.34. The standard InChI is InChI=1S/C14H20O3/c1-12(10-13-6-4-3-5-7-13)15-11-14(2)16-8-9-17-14/h3-7,12H,8-11H2,1-2H3. The molecule has 1 unspecified atom stereocenters. The lowest BCUT2D eigenvalue weighted by Gasteiger charge is -2.24. The van der Waals surface area contributed by atoms with E-state index in [1.807, 2.05) is 25.1 Å². The quantitative estimate of drug-likeness (QED) is 0.785. The lowest BCUT2D eigenvalue weighted by molar-refractivity contribution is -0.188. The van der Waals surface area contributed by atoms with Crippen LogP contribution in [0.5, 0.6) is 0 Å². The maximum atomic E-state index is 5.78. The van der Waals surface area contributed by atoms with Crippen LogP contribution in [0.2, 0.25) is 0 Å². The van der Waals surface area contributed by atoms with E-state index in [2.05, 4.69) is 19.1 Å². The van der Waals surface area contributed by atoms with Crippen molar-refractivity contribution in [3.8, 4) is 0 Å². The summed E-state index contributed by atoms with van der Waals surface area (Å²) in [7, 11) is 0. The normalized spacial score (nSPS) is 20.4. The Balaban J connectivity index is 1.76. The first kappa shape index (κ1) is 12.6. The van der Waals surface area contributed by atoms with Gasteiger partial charge in [-0.3, -0.25) is 0 Å². The summed E-state index contributed by atoms with van der Waals surface area (Å²) in [4.78, 5) is 0. The number of rotatable bonds is 5. The minimum Gasteiger partial charge on any atom is -0.373 e. The Labute approximate surface area is 103 Å². The zero-order valence-corrected chi connectivity index (χ0v) is 10.5. The third-order valence-electron chi connectivity index (χ3n) is 2.89. The van der Waals surface area contributed by atoms with Gasteiger partial charge in [-0.2, -0.15) is 0 Å². The van der Waals surface area contributed by atoms with Gasteiger partial charge in [-0.05, 0) is 25.8 Å². The van der Waals surface area contributed by atoms with Crippen LogP contribution in [0.15, 0.2) is 30.3 Å². The Morgan fingerprint density at radius 1 is 1.24 bits per heavy atom. The predicted molar refractivity (Wildman–Crippen MR) is 65.9 cm³/mol. The maximum Gasteiger partial charge on any atom is 0.189 e. The van der Waals surface area contributed by atoms with Crippen molar-refractivity contribution >= 4 is 0 Å². The van der Waals surface area contributed by atoms with Gasteiger partial charge in [0.15, 0.2) is 5.79 Å². The predicted octanol–water partition coefficient (Wildman–Crippen LogP) is 2.40. The van der Waals surface area contributed by atoms with E-state index >= 15 is 0 Å². The summed E-state index contributed by atoms with van der Waals surface area (Å²) in [5.74, 6) is -0.551. The Morgan fingerprint density at radius 2 is 1.88 bits per heavy atom. The van der Waals surface area contributed by atoms with Gasteiger partial charge >= 0.3 is 0 Å². The molecule has 0 spiro atoms. The molecule has 1 saturated heterocycles. The number of hydrogen-bond donors (Lipinski definition) is 0. The minimum absolute atomic E-state index is 0.169. The van der Waals surface area contributed by atoms with Crippen molar-refractivity contribution in [2.45, 2.75) is 32.2 Å². The molecule has 3 nitrogen and oxygen atoms in total. The zero-order valence-electron chi connectivity index (χ0n) is 10.5. The van der Waals surface area contributed by atoms with Gasteiger partial charge in [-0.25, -0.2) is 0 Å². The molecule has 2 rings (SSSR count). The molecule has 0 aliphatic carbocycles. The molecular weight excluding hydrogens is 216 g/mol. The number of ether oxygens (including phenoxy) is 3. The molecule has 1 aliphatic rings. The van der Waals surface area contributed by atoms with Crippen molar-refractivity contribution in [1.82, 2.24) is 0 Å². The summed E-state index contributed by atoms with van der Waals surface area (Å²) in [6.07, 6.45) is 1.08. The fourth-order valence-corrected chi connectivity index (χ4v) is 1.94. The molecule has 1 heterocycles. The number of benzene rings is 1. The summed E-state index contributed by atoms with van der Waals surface area (Å²) < 4.78 is 16.8. The Bertz CT molecular complexity index is 331. The molecular formula is C14H20O3. The van der Waals surface area contributed by atoms with Crippen molar-refractivity contribution in [3.63, 3.8) is 0 Å². The molecule has 0 N–H and O–H groups in total. The highest BCUT2D eigenvalue weighted by Gasteiger charge is 2.31. The Hall–Kier alpha value is -0.900. The fourth-order valence-electron chi connectivity index (χ4n) is 1.94. The zero-order chi connectivity index (χ0) is 12.1. The topological polar surface area (TPSA) is 27.7 Å². The van der Waals surface area contributed by atoms with E-state index in [4.69, 9.17) is 14.2 Å². The average molecular weight is 236 g/mol. The van der Waals surface area contributed by atoms with Gasteiger partial charge in [0.25, 0.3) is 0 Å². The van der Waals surface area contributed by atoms with Crippen LogP contribution in [0.4, 0.5) is 0 Å². The summed E-state index contributed by atoms with van der Waals surface area (Å²) in [6, 6.07) is 10.4. The van der Waals surface area contributed by atoms with Crippen molar-refractivity contribution in [3.05, 3.63) is 35.9 Å². The smallest absolute Gasteiger partial charge is 0.189 e. The number of hydrogen-bond acceptors (Lipinski definition) is 3. The van der Waals surface area contributed by atoms with Crippen LogP contribution < -0.4 is 0 Å². The molecule has 0 radical (unpaired) electrons. The highest BCUT2D eigenvalue weighted by molar-refractivity contribution is 5.15. The molecule has 1 aromatic carbocycles. The van der Waals surface area contributed by atoms with Crippen LogP contribution in [-0.2, 0) is 20.6 Å². The van der Waals surface area contributed by atoms with Gasteiger partial charge in [0, 0.05) is 0 Å². The molecule has 0 bridgehead atoms. The van der Waals surface area contributed by atoms with Crippen molar-refractivity contribution in [1.29, 1.82) is 0 Å². The lowest BCUT2D eigenvalue weighted by atomic mass is 10.1. The third kappa shape index (κ3) is 3.80. The van der Waals surface area contributed by atoms with Gasteiger partial charge in [-0.15, -0.1) is 0 Å². The van der Waals surface area contributed by atoms with E-state index in [0.29, 0.717) is 19.8 Å². The largest absolute Gasteiger partial charge is 0.373 e. The Kier molecular flexibility index (Phi) is 4.15. The second-order valence-electron chi connectivity index (χ2n) is 4.64. The summed E-state index contributed by atoms with van der Waals surface area (Å²) >= 11 is 0. The third-order valence-corrected chi connectivity index (χ3v) is 2.89. The van der Waals surface area contributed by atoms with E-state index in [9.17, 15) is 0 Å². The molecule has 0 saturated carbocycles. The van der Waals surface area contributed by atoms with Crippen LogP contribution in [0.3, 0.4) is 0 Å². The summed E-state index contributed by atoms with van der Waals surface area (Å²) in [5, 5.41) is 0. The highest BCUT2D eigenvalue weighted by atomic mass is 16.7. The molecule has 94 valence electrons. The first-order valence-electron chi connectivity index (χ1n) is 6.11. The Morgan fingerprint density at radius 3 is 2.53 bits per heavy atom. The fraction of sp³-hybridized carbons (Fsp3) is 0.571. The molecule has 0 aromatic heterocycles. The molecule has 1 aliphatic heterocycles. The summed E-state index contributed by atoms with van der Waals surface area (Å²) in [5.41, 5.74) is 1.29. The average Bonchev–Trinajstić information content (AvgIpc) is 2.76. The highest BCUT2D eigenvalue weighted by Crippen LogP contribution is 2.19. The first-order valence-corrected chi connectivity index (χ1v) is 6.11. The van der Waals surface area contributed by atoms with E-state index in [1.165, 1.54) is 5.56 Å².